The molecule has 1 saturated carbocycles. The standard InChI is InChI=1S/C23H26ClFN6O2/c1-30(2)21(32)16-15(26)4-3-13(19(16)25)14-10-28-20-17(18(14)24)23(11-29-20)6-5-12(9-23)31-8-7-27-22(31)33/h3-4,10,12H,5-9,11,26H2,1-2H3,(H,27,33)(H,28,29)/t12-,23-/m0/s1. The quantitative estimate of drug-likeness (QED) is 0.596. The highest BCUT2D eigenvalue weighted by Crippen LogP contribution is 2.53. The Morgan fingerprint density at radius 3 is 2.82 bits per heavy atom. The van der Waals surface area contributed by atoms with Gasteiger partial charge in [0.25, 0.3) is 5.91 Å². The fourth-order valence-corrected chi connectivity index (χ4v) is 5.90. The zero-order valence-electron chi connectivity index (χ0n) is 18.5. The zero-order valence-corrected chi connectivity index (χ0v) is 19.3. The molecule has 0 bridgehead atoms. The fourth-order valence-electron chi connectivity index (χ4n) is 5.46. The van der Waals surface area contributed by atoms with Crippen LogP contribution in [0.2, 0.25) is 5.02 Å². The first-order valence-electron chi connectivity index (χ1n) is 11.0. The van der Waals surface area contributed by atoms with E-state index < -0.39 is 11.7 Å². The molecule has 5 rings (SSSR count). The predicted octanol–water partition coefficient (Wildman–Crippen LogP) is 3.07. The van der Waals surface area contributed by atoms with Gasteiger partial charge in [-0.1, -0.05) is 11.6 Å². The van der Waals surface area contributed by atoms with E-state index in [0.717, 1.165) is 24.8 Å². The molecule has 3 aliphatic rings. The normalized spacial score (nSPS) is 23.6. The molecule has 33 heavy (non-hydrogen) atoms. The lowest BCUT2D eigenvalue weighted by Gasteiger charge is -2.28. The van der Waals surface area contributed by atoms with Crippen LogP contribution in [-0.4, -0.2) is 66.5 Å². The van der Waals surface area contributed by atoms with Crippen LogP contribution in [0.4, 0.5) is 20.7 Å². The van der Waals surface area contributed by atoms with Gasteiger partial charge in [0.1, 0.15) is 11.6 Å². The number of carbonyl (C=O) groups excluding carboxylic acids is 2. The van der Waals surface area contributed by atoms with Crippen LogP contribution in [0.25, 0.3) is 11.1 Å². The van der Waals surface area contributed by atoms with Crippen LogP contribution in [0.15, 0.2) is 18.3 Å². The first kappa shape index (κ1) is 21.8. The predicted molar refractivity (Wildman–Crippen MR) is 125 cm³/mol. The van der Waals surface area contributed by atoms with Crippen LogP contribution in [0, 0.1) is 5.82 Å². The van der Waals surface area contributed by atoms with E-state index in [2.05, 4.69) is 15.6 Å². The maximum Gasteiger partial charge on any atom is 0.317 e. The molecule has 10 heteroatoms. The number of nitrogens with zero attached hydrogens (tertiary/aromatic N) is 3. The van der Waals surface area contributed by atoms with E-state index in [1.165, 1.54) is 23.2 Å². The summed E-state index contributed by atoms with van der Waals surface area (Å²) in [5.74, 6) is -0.538. The summed E-state index contributed by atoms with van der Waals surface area (Å²) in [7, 11) is 3.09. The SMILES string of the molecule is CN(C)C(=O)c1c(N)ccc(-c2cnc3c(c2Cl)[C@]2(CC[C@H](N4CCNC4=O)C2)CN3)c1F. The second-order valence-electron chi connectivity index (χ2n) is 9.26. The Morgan fingerprint density at radius 1 is 1.33 bits per heavy atom. The molecular weight excluding hydrogens is 447 g/mol. The average molecular weight is 473 g/mol. The number of rotatable bonds is 3. The lowest BCUT2D eigenvalue weighted by atomic mass is 9.80. The Bertz CT molecular complexity index is 1170. The third-order valence-electron chi connectivity index (χ3n) is 7.14. The molecule has 2 aliphatic heterocycles. The number of urea groups is 1. The summed E-state index contributed by atoms with van der Waals surface area (Å²) in [4.78, 5) is 32.5. The summed E-state index contributed by atoms with van der Waals surface area (Å²) in [6.07, 6.45) is 4.01. The van der Waals surface area contributed by atoms with Gasteiger partial charge in [-0.25, -0.2) is 14.2 Å². The molecule has 1 spiro atoms. The van der Waals surface area contributed by atoms with E-state index in [1.807, 2.05) is 4.90 Å². The van der Waals surface area contributed by atoms with Gasteiger partial charge in [-0.05, 0) is 31.4 Å². The summed E-state index contributed by atoms with van der Waals surface area (Å²) < 4.78 is 15.6. The van der Waals surface area contributed by atoms with Crippen molar-refractivity contribution in [2.75, 3.05) is 44.8 Å². The van der Waals surface area contributed by atoms with Crippen molar-refractivity contribution in [1.29, 1.82) is 0 Å². The molecule has 0 unspecified atom stereocenters. The maximum absolute atomic E-state index is 15.6. The summed E-state index contributed by atoms with van der Waals surface area (Å²) in [6.45, 7) is 2.03. The van der Waals surface area contributed by atoms with Gasteiger partial charge in [-0.2, -0.15) is 0 Å². The van der Waals surface area contributed by atoms with E-state index >= 15 is 4.39 Å². The molecule has 4 N–H and O–H groups in total. The minimum Gasteiger partial charge on any atom is -0.398 e. The van der Waals surface area contributed by atoms with Crippen molar-refractivity contribution < 1.29 is 14.0 Å². The number of amides is 3. The van der Waals surface area contributed by atoms with E-state index in [9.17, 15) is 9.59 Å². The minimum absolute atomic E-state index is 0.0248. The first-order chi connectivity index (χ1) is 15.7. The Labute approximate surface area is 196 Å². The van der Waals surface area contributed by atoms with Crippen molar-refractivity contribution >= 4 is 35.0 Å². The Morgan fingerprint density at radius 2 is 2.12 bits per heavy atom. The van der Waals surface area contributed by atoms with Crippen molar-refractivity contribution in [2.24, 2.45) is 0 Å². The van der Waals surface area contributed by atoms with Crippen LogP contribution in [0.3, 0.4) is 0 Å². The molecule has 0 radical (unpaired) electrons. The van der Waals surface area contributed by atoms with Crippen molar-refractivity contribution in [1.82, 2.24) is 20.1 Å². The summed E-state index contributed by atoms with van der Waals surface area (Å²) in [5, 5.41) is 6.64. The van der Waals surface area contributed by atoms with E-state index in [-0.39, 0.29) is 34.3 Å². The van der Waals surface area contributed by atoms with Gasteiger partial charge in [-0.15, -0.1) is 0 Å². The Hall–Kier alpha value is -3.07. The van der Waals surface area contributed by atoms with Gasteiger partial charge in [-0.3, -0.25) is 4.79 Å². The van der Waals surface area contributed by atoms with Crippen LogP contribution < -0.4 is 16.4 Å². The van der Waals surface area contributed by atoms with Gasteiger partial charge in [0.2, 0.25) is 0 Å². The van der Waals surface area contributed by atoms with Crippen molar-refractivity contribution in [2.45, 2.75) is 30.7 Å². The molecule has 2 fully saturated rings. The number of fused-ring (bicyclic) bond motifs is 2. The number of pyridine rings is 1. The molecule has 2 aromatic rings. The molecule has 1 saturated heterocycles. The van der Waals surface area contributed by atoms with Crippen molar-refractivity contribution in [3.05, 3.63) is 40.3 Å². The zero-order chi connectivity index (χ0) is 23.5. The first-order valence-corrected chi connectivity index (χ1v) is 11.4. The van der Waals surface area contributed by atoms with Crippen LogP contribution >= 0.6 is 11.6 Å². The van der Waals surface area contributed by atoms with Crippen molar-refractivity contribution in [3.63, 3.8) is 0 Å². The Balaban J connectivity index is 1.56. The average Bonchev–Trinajstić information content (AvgIpc) is 3.48. The molecule has 1 aromatic heterocycles. The summed E-state index contributed by atoms with van der Waals surface area (Å²) in [6, 6.07) is 3.15. The Kier molecular flexibility index (Phi) is 5.12. The van der Waals surface area contributed by atoms with Crippen molar-refractivity contribution in [3.8, 4) is 11.1 Å². The van der Waals surface area contributed by atoms with Gasteiger partial charge >= 0.3 is 6.03 Å². The third-order valence-corrected chi connectivity index (χ3v) is 7.53. The maximum atomic E-state index is 15.6. The monoisotopic (exact) mass is 472 g/mol. The van der Waals surface area contributed by atoms with Crippen LogP contribution in [0.1, 0.15) is 35.2 Å². The number of aromatic nitrogens is 1. The lowest BCUT2D eigenvalue weighted by molar-refractivity contribution is 0.0824. The summed E-state index contributed by atoms with van der Waals surface area (Å²) >= 11 is 6.93. The highest BCUT2D eigenvalue weighted by Gasteiger charge is 2.49. The molecule has 3 amide bonds. The van der Waals surface area contributed by atoms with Gasteiger partial charge in [0.05, 0.1) is 10.6 Å². The number of benzene rings is 1. The van der Waals surface area contributed by atoms with Crippen LogP contribution in [-0.2, 0) is 5.41 Å². The number of nitrogens with one attached hydrogen (secondary N) is 2. The molecule has 2 atom stereocenters. The molecular formula is C23H26ClFN6O2. The largest absolute Gasteiger partial charge is 0.398 e. The van der Waals surface area contributed by atoms with Gasteiger partial charge in [0, 0.05) is 73.8 Å². The number of anilines is 2. The van der Waals surface area contributed by atoms with Gasteiger partial charge < -0.3 is 26.2 Å². The highest BCUT2D eigenvalue weighted by molar-refractivity contribution is 6.34. The van der Waals surface area contributed by atoms with Gasteiger partial charge in [0.15, 0.2) is 0 Å². The number of hydrogen-bond acceptors (Lipinski definition) is 5. The molecule has 174 valence electrons. The minimum atomic E-state index is -0.713. The lowest BCUT2D eigenvalue weighted by Crippen LogP contribution is -2.38. The smallest absolute Gasteiger partial charge is 0.317 e. The number of nitrogens with two attached hydrogens (primary N) is 1. The molecule has 1 aromatic carbocycles. The highest BCUT2D eigenvalue weighted by atomic mass is 35.5. The molecule has 8 nitrogen and oxygen atoms in total. The van der Waals surface area contributed by atoms with E-state index in [1.54, 1.807) is 14.1 Å². The number of hydrogen-bond donors (Lipinski definition) is 3. The molecule has 1 aliphatic carbocycles. The summed E-state index contributed by atoms with van der Waals surface area (Å²) in [5.41, 5.74) is 7.01. The second kappa shape index (κ2) is 7.76. The van der Waals surface area contributed by atoms with E-state index in [4.69, 9.17) is 17.3 Å². The number of halogens is 2. The third kappa shape index (κ3) is 3.28. The number of carbonyl (C=O) groups is 2. The van der Waals surface area contributed by atoms with Crippen LogP contribution in [0.5, 0.6) is 0 Å². The fraction of sp³-hybridized carbons (Fsp3) is 0.435. The second-order valence-corrected chi connectivity index (χ2v) is 9.63. The topological polar surface area (TPSA) is 104 Å². The molecule has 3 heterocycles. The van der Waals surface area contributed by atoms with E-state index in [0.29, 0.717) is 36.0 Å². The number of nitrogen functional groups attached to an aromatic ring is 1.